The van der Waals surface area contributed by atoms with Gasteiger partial charge in [0.2, 0.25) is 0 Å². The molecule has 0 saturated heterocycles. The van der Waals surface area contributed by atoms with Crippen molar-refractivity contribution in [3.05, 3.63) is 52.9 Å². The fourth-order valence-corrected chi connectivity index (χ4v) is 2.47. The van der Waals surface area contributed by atoms with Crippen LogP contribution in [0.2, 0.25) is 0 Å². The number of nitrogens with one attached hydrogen (secondary N) is 2. The van der Waals surface area contributed by atoms with Gasteiger partial charge < -0.3 is 19.9 Å². The van der Waals surface area contributed by atoms with Crippen LogP contribution in [-0.2, 0) is 24.4 Å². The molecule has 0 aliphatic carbocycles. The van der Waals surface area contributed by atoms with Crippen molar-refractivity contribution in [3.8, 4) is 0 Å². The number of nitrogens with zero attached hydrogens (tertiary/aromatic N) is 2. The monoisotopic (exact) mass is 412 g/mol. The summed E-state index contributed by atoms with van der Waals surface area (Å²) in [6, 6.07) is 9.06. The van der Waals surface area contributed by atoms with E-state index < -0.39 is 12.8 Å². The number of alkyl halides is 3. The SMILES string of the molecule is CCNC(=NCc1cccc(COCC(F)(F)F)c1)NCc1cc(C(C)C)no1. The fraction of sp³-hybridized carbons (Fsp3) is 0.500. The van der Waals surface area contributed by atoms with Crippen molar-refractivity contribution >= 4 is 5.96 Å². The molecular weight excluding hydrogens is 385 g/mol. The summed E-state index contributed by atoms with van der Waals surface area (Å²) in [5.74, 6) is 1.61. The standard InChI is InChI=1S/C20H27F3N4O2/c1-4-24-19(26-11-17-9-18(14(2)3)27-29-17)25-10-15-6-5-7-16(8-15)12-28-13-20(21,22)23/h5-9,14H,4,10-13H2,1-3H3,(H2,24,25,26). The molecule has 0 bridgehead atoms. The van der Waals surface area contributed by atoms with Crippen LogP contribution in [0.1, 0.15) is 49.3 Å². The molecule has 0 atom stereocenters. The highest BCUT2D eigenvalue weighted by molar-refractivity contribution is 5.79. The summed E-state index contributed by atoms with van der Waals surface area (Å²) in [5.41, 5.74) is 2.44. The highest BCUT2D eigenvalue weighted by Crippen LogP contribution is 2.16. The minimum absolute atomic E-state index is 0.0982. The van der Waals surface area contributed by atoms with Crippen LogP contribution in [0.5, 0.6) is 0 Å². The molecular formula is C20H27F3N4O2. The normalized spacial score (nSPS) is 12.4. The Balaban J connectivity index is 1.92. The minimum atomic E-state index is -4.33. The lowest BCUT2D eigenvalue weighted by Gasteiger charge is -2.11. The highest BCUT2D eigenvalue weighted by atomic mass is 19.4. The Labute approximate surface area is 168 Å². The van der Waals surface area contributed by atoms with Gasteiger partial charge in [-0.3, -0.25) is 0 Å². The quantitative estimate of drug-likeness (QED) is 0.479. The Bertz CT molecular complexity index is 788. The maximum absolute atomic E-state index is 12.2. The molecule has 0 radical (unpaired) electrons. The van der Waals surface area contributed by atoms with Crippen LogP contribution in [-0.4, -0.2) is 30.4 Å². The zero-order valence-electron chi connectivity index (χ0n) is 16.8. The number of guanidine groups is 1. The predicted octanol–water partition coefficient (Wildman–Crippen LogP) is 4.13. The van der Waals surface area contributed by atoms with Gasteiger partial charge in [-0.25, -0.2) is 4.99 Å². The van der Waals surface area contributed by atoms with E-state index in [4.69, 9.17) is 9.26 Å². The average Bonchev–Trinajstić information content (AvgIpc) is 3.13. The number of benzene rings is 1. The van der Waals surface area contributed by atoms with Gasteiger partial charge in [0.25, 0.3) is 0 Å². The molecule has 0 fully saturated rings. The second-order valence-corrected chi connectivity index (χ2v) is 6.85. The van der Waals surface area contributed by atoms with E-state index in [9.17, 15) is 13.2 Å². The summed E-state index contributed by atoms with van der Waals surface area (Å²) in [5, 5.41) is 10.4. The molecule has 160 valence electrons. The molecule has 0 aliphatic rings. The summed E-state index contributed by atoms with van der Waals surface area (Å²) in [4.78, 5) is 4.51. The largest absolute Gasteiger partial charge is 0.411 e. The third-order valence-electron chi connectivity index (χ3n) is 3.89. The highest BCUT2D eigenvalue weighted by Gasteiger charge is 2.27. The van der Waals surface area contributed by atoms with Crippen molar-refractivity contribution < 1.29 is 22.4 Å². The third-order valence-corrected chi connectivity index (χ3v) is 3.89. The van der Waals surface area contributed by atoms with Gasteiger partial charge in [0, 0.05) is 12.6 Å². The molecule has 6 nitrogen and oxygen atoms in total. The van der Waals surface area contributed by atoms with E-state index in [-0.39, 0.29) is 6.61 Å². The smallest absolute Gasteiger partial charge is 0.367 e. The third kappa shape index (κ3) is 8.55. The summed E-state index contributed by atoms with van der Waals surface area (Å²) in [6.07, 6.45) is -4.33. The Kier molecular flexibility index (Phi) is 8.50. The van der Waals surface area contributed by atoms with Crippen LogP contribution in [0.25, 0.3) is 0 Å². The summed E-state index contributed by atoms with van der Waals surface area (Å²) < 4.78 is 46.6. The topological polar surface area (TPSA) is 71.7 Å². The van der Waals surface area contributed by atoms with Crippen LogP contribution in [0.4, 0.5) is 13.2 Å². The van der Waals surface area contributed by atoms with Gasteiger partial charge in [-0.1, -0.05) is 43.3 Å². The van der Waals surface area contributed by atoms with Gasteiger partial charge in [0.05, 0.1) is 25.4 Å². The summed E-state index contributed by atoms with van der Waals surface area (Å²) >= 11 is 0. The van der Waals surface area contributed by atoms with Crippen molar-refractivity contribution in [3.63, 3.8) is 0 Å². The first-order valence-corrected chi connectivity index (χ1v) is 9.46. The second kappa shape index (κ2) is 10.8. The number of ether oxygens (including phenoxy) is 1. The number of hydrogen-bond donors (Lipinski definition) is 2. The Morgan fingerprint density at radius 2 is 1.97 bits per heavy atom. The lowest BCUT2D eigenvalue weighted by atomic mass is 10.1. The van der Waals surface area contributed by atoms with Crippen molar-refractivity contribution in [2.45, 2.75) is 52.6 Å². The first-order chi connectivity index (χ1) is 13.8. The Morgan fingerprint density at radius 3 is 2.62 bits per heavy atom. The number of aromatic nitrogens is 1. The van der Waals surface area contributed by atoms with Crippen LogP contribution in [0.3, 0.4) is 0 Å². The lowest BCUT2D eigenvalue weighted by Crippen LogP contribution is -2.36. The molecule has 0 spiro atoms. The molecule has 1 aromatic heterocycles. The molecule has 2 aromatic rings. The van der Waals surface area contributed by atoms with Crippen LogP contribution in [0.15, 0.2) is 39.8 Å². The zero-order chi connectivity index (χ0) is 21.3. The maximum Gasteiger partial charge on any atom is 0.411 e. The van der Waals surface area contributed by atoms with E-state index in [1.807, 2.05) is 32.9 Å². The molecule has 2 rings (SSSR count). The van der Waals surface area contributed by atoms with E-state index in [1.54, 1.807) is 18.2 Å². The summed E-state index contributed by atoms with van der Waals surface area (Å²) in [7, 11) is 0. The lowest BCUT2D eigenvalue weighted by molar-refractivity contribution is -0.176. The van der Waals surface area contributed by atoms with E-state index in [2.05, 4.69) is 20.8 Å². The zero-order valence-corrected chi connectivity index (χ0v) is 16.8. The molecule has 9 heteroatoms. The van der Waals surface area contributed by atoms with Crippen LogP contribution in [0, 0.1) is 0 Å². The molecule has 0 unspecified atom stereocenters. The number of halogens is 3. The van der Waals surface area contributed by atoms with Crippen LogP contribution >= 0.6 is 0 Å². The maximum atomic E-state index is 12.2. The molecule has 0 aliphatic heterocycles. The van der Waals surface area contributed by atoms with Crippen molar-refractivity contribution in [2.75, 3.05) is 13.2 Å². The number of hydrogen-bond acceptors (Lipinski definition) is 4. The Hall–Kier alpha value is -2.55. The van der Waals surface area contributed by atoms with Gasteiger partial charge in [0.1, 0.15) is 6.61 Å². The van der Waals surface area contributed by atoms with E-state index in [1.165, 1.54) is 0 Å². The fourth-order valence-electron chi connectivity index (χ4n) is 2.47. The first kappa shape index (κ1) is 22.7. The molecule has 2 N–H and O–H groups in total. The van der Waals surface area contributed by atoms with Crippen molar-refractivity contribution in [1.82, 2.24) is 15.8 Å². The van der Waals surface area contributed by atoms with E-state index >= 15 is 0 Å². The van der Waals surface area contributed by atoms with Crippen molar-refractivity contribution in [2.24, 2.45) is 4.99 Å². The number of aliphatic imine (C=N–C) groups is 1. The van der Waals surface area contributed by atoms with Gasteiger partial charge in [0.15, 0.2) is 11.7 Å². The Morgan fingerprint density at radius 1 is 1.21 bits per heavy atom. The minimum Gasteiger partial charge on any atom is -0.367 e. The van der Waals surface area contributed by atoms with Gasteiger partial charge in [-0.05, 0) is 24.0 Å². The molecule has 0 saturated carbocycles. The molecule has 0 amide bonds. The van der Waals surface area contributed by atoms with Crippen molar-refractivity contribution in [1.29, 1.82) is 0 Å². The second-order valence-electron chi connectivity index (χ2n) is 6.85. The summed E-state index contributed by atoms with van der Waals surface area (Å²) in [6.45, 7) is 6.19. The average molecular weight is 412 g/mol. The predicted molar refractivity (Wildman–Crippen MR) is 104 cm³/mol. The van der Waals surface area contributed by atoms with E-state index in [0.717, 1.165) is 11.3 Å². The van der Waals surface area contributed by atoms with Crippen LogP contribution < -0.4 is 10.6 Å². The van der Waals surface area contributed by atoms with E-state index in [0.29, 0.717) is 42.8 Å². The molecule has 1 aromatic carbocycles. The van der Waals surface area contributed by atoms with Gasteiger partial charge in [-0.2, -0.15) is 13.2 Å². The molecule has 1 heterocycles. The molecule has 29 heavy (non-hydrogen) atoms. The first-order valence-electron chi connectivity index (χ1n) is 9.46. The number of rotatable bonds is 9. The van der Waals surface area contributed by atoms with Gasteiger partial charge in [-0.15, -0.1) is 0 Å². The van der Waals surface area contributed by atoms with Gasteiger partial charge >= 0.3 is 6.18 Å².